The number of aromatic nitrogens is 1. The molecule has 0 amide bonds. The second-order valence-corrected chi connectivity index (χ2v) is 6.20. The zero-order valence-corrected chi connectivity index (χ0v) is 12.8. The van der Waals surface area contributed by atoms with Gasteiger partial charge in [-0.25, -0.2) is 0 Å². The Morgan fingerprint density at radius 3 is 2.47 bits per heavy atom. The van der Waals surface area contributed by atoms with Gasteiger partial charge in [0.05, 0.1) is 0 Å². The van der Waals surface area contributed by atoms with Crippen molar-refractivity contribution >= 4 is 27.7 Å². The van der Waals surface area contributed by atoms with E-state index in [9.17, 15) is 0 Å². The number of pyridine rings is 1. The lowest BCUT2D eigenvalue weighted by Crippen LogP contribution is -2.38. The maximum Gasteiger partial charge on any atom is 0.0344 e. The minimum absolute atomic E-state index is 0.246. The van der Waals surface area contributed by atoms with Gasteiger partial charge in [-0.3, -0.25) is 16.3 Å². The van der Waals surface area contributed by atoms with Gasteiger partial charge >= 0.3 is 0 Å². The monoisotopic (exact) mass is 337 g/mol. The van der Waals surface area contributed by atoms with Gasteiger partial charge in [-0.15, -0.1) is 11.8 Å². The van der Waals surface area contributed by atoms with Crippen molar-refractivity contribution in [3.63, 3.8) is 0 Å². The summed E-state index contributed by atoms with van der Waals surface area (Å²) in [6, 6.07) is 12.6. The van der Waals surface area contributed by atoms with Crippen molar-refractivity contribution in [1.82, 2.24) is 10.4 Å². The van der Waals surface area contributed by atoms with Crippen LogP contribution in [-0.4, -0.2) is 16.8 Å². The van der Waals surface area contributed by atoms with E-state index in [1.165, 1.54) is 10.5 Å². The third kappa shape index (κ3) is 4.95. The van der Waals surface area contributed by atoms with Gasteiger partial charge in [0.2, 0.25) is 0 Å². The molecule has 2 rings (SSSR count). The SMILES string of the molecule is NNC(CSc1ccc(Br)cc1)Cc1ccncc1. The number of hydrogen-bond donors (Lipinski definition) is 2. The molecule has 0 saturated carbocycles. The molecule has 1 aromatic carbocycles. The van der Waals surface area contributed by atoms with E-state index in [2.05, 4.69) is 50.6 Å². The normalized spacial score (nSPS) is 12.3. The van der Waals surface area contributed by atoms with E-state index in [0.717, 1.165) is 16.6 Å². The Balaban J connectivity index is 1.87. The van der Waals surface area contributed by atoms with Crippen LogP contribution in [0.1, 0.15) is 5.56 Å². The first kappa shape index (κ1) is 14.5. The lowest BCUT2D eigenvalue weighted by molar-refractivity contribution is 0.575. The van der Waals surface area contributed by atoms with Gasteiger partial charge in [0.25, 0.3) is 0 Å². The van der Waals surface area contributed by atoms with Crippen LogP contribution in [0, 0.1) is 0 Å². The molecule has 1 atom stereocenters. The van der Waals surface area contributed by atoms with E-state index >= 15 is 0 Å². The number of thioether (sulfide) groups is 1. The van der Waals surface area contributed by atoms with Gasteiger partial charge in [-0.05, 0) is 48.4 Å². The molecule has 0 spiro atoms. The van der Waals surface area contributed by atoms with E-state index in [-0.39, 0.29) is 6.04 Å². The summed E-state index contributed by atoms with van der Waals surface area (Å²) in [5, 5.41) is 0. The Hall–Kier alpha value is -0.880. The predicted octanol–water partition coefficient (Wildman–Crippen LogP) is 3.01. The summed E-state index contributed by atoms with van der Waals surface area (Å²) in [7, 11) is 0. The van der Waals surface area contributed by atoms with Gasteiger partial charge in [0.1, 0.15) is 0 Å². The summed E-state index contributed by atoms with van der Waals surface area (Å²) in [6.45, 7) is 0. The van der Waals surface area contributed by atoms with Crippen molar-refractivity contribution in [3.8, 4) is 0 Å². The van der Waals surface area contributed by atoms with Gasteiger partial charge in [0, 0.05) is 33.6 Å². The molecule has 2 aromatic rings. The van der Waals surface area contributed by atoms with Gasteiger partial charge < -0.3 is 0 Å². The number of rotatable bonds is 6. The minimum atomic E-state index is 0.246. The molecule has 0 bridgehead atoms. The minimum Gasteiger partial charge on any atom is -0.271 e. The summed E-state index contributed by atoms with van der Waals surface area (Å²) in [5.74, 6) is 6.55. The molecule has 19 heavy (non-hydrogen) atoms. The molecule has 0 aliphatic rings. The quantitative estimate of drug-likeness (QED) is 0.483. The Morgan fingerprint density at radius 2 is 1.84 bits per heavy atom. The average molecular weight is 338 g/mol. The zero-order chi connectivity index (χ0) is 13.5. The second kappa shape index (κ2) is 7.65. The van der Waals surface area contributed by atoms with Crippen molar-refractivity contribution in [2.24, 2.45) is 5.84 Å². The fraction of sp³-hybridized carbons (Fsp3) is 0.214. The lowest BCUT2D eigenvalue weighted by atomic mass is 10.1. The van der Waals surface area contributed by atoms with Gasteiger partial charge in [-0.1, -0.05) is 15.9 Å². The highest BCUT2D eigenvalue weighted by molar-refractivity contribution is 9.10. The molecular formula is C14H16BrN3S. The topological polar surface area (TPSA) is 50.9 Å². The molecule has 3 nitrogen and oxygen atoms in total. The van der Waals surface area contributed by atoms with E-state index in [4.69, 9.17) is 5.84 Å². The zero-order valence-electron chi connectivity index (χ0n) is 10.4. The number of halogens is 1. The molecule has 1 heterocycles. The van der Waals surface area contributed by atoms with Crippen LogP contribution in [0.3, 0.4) is 0 Å². The summed E-state index contributed by atoms with van der Waals surface area (Å²) >= 11 is 5.24. The van der Waals surface area contributed by atoms with E-state index in [0.29, 0.717) is 0 Å². The van der Waals surface area contributed by atoms with E-state index in [1.54, 1.807) is 11.8 Å². The maximum absolute atomic E-state index is 5.62. The summed E-state index contributed by atoms with van der Waals surface area (Å²) in [5.41, 5.74) is 4.13. The van der Waals surface area contributed by atoms with Crippen LogP contribution in [0.25, 0.3) is 0 Å². The van der Waals surface area contributed by atoms with Crippen LogP contribution < -0.4 is 11.3 Å². The number of hydrazine groups is 1. The standard InChI is InChI=1S/C14H16BrN3S/c15-12-1-3-14(4-2-12)19-10-13(18-16)9-11-5-7-17-8-6-11/h1-8,13,18H,9-10,16H2. The molecule has 0 aliphatic heterocycles. The van der Waals surface area contributed by atoms with Crippen molar-refractivity contribution in [2.45, 2.75) is 17.4 Å². The lowest BCUT2D eigenvalue weighted by Gasteiger charge is -2.15. The van der Waals surface area contributed by atoms with Crippen LogP contribution in [0.5, 0.6) is 0 Å². The van der Waals surface area contributed by atoms with Crippen molar-refractivity contribution in [3.05, 3.63) is 58.8 Å². The van der Waals surface area contributed by atoms with Crippen molar-refractivity contribution in [1.29, 1.82) is 0 Å². The van der Waals surface area contributed by atoms with Gasteiger partial charge in [-0.2, -0.15) is 0 Å². The second-order valence-electron chi connectivity index (χ2n) is 4.19. The number of benzene rings is 1. The third-order valence-electron chi connectivity index (χ3n) is 2.73. The third-order valence-corrected chi connectivity index (χ3v) is 4.44. The first-order valence-electron chi connectivity index (χ1n) is 6.01. The maximum atomic E-state index is 5.62. The number of nitrogens with one attached hydrogen (secondary N) is 1. The molecule has 5 heteroatoms. The van der Waals surface area contributed by atoms with Crippen LogP contribution in [-0.2, 0) is 6.42 Å². The van der Waals surface area contributed by atoms with Crippen LogP contribution in [0.2, 0.25) is 0 Å². The van der Waals surface area contributed by atoms with E-state index in [1.807, 2.05) is 24.5 Å². The molecule has 0 aliphatic carbocycles. The molecule has 3 N–H and O–H groups in total. The van der Waals surface area contributed by atoms with E-state index < -0.39 is 0 Å². The Morgan fingerprint density at radius 1 is 1.16 bits per heavy atom. The Labute approximate surface area is 126 Å². The summed E-state index contributed by atoms with van der Waals surface area (Å²) in [6.07, 6.45) is 4.53. The average Bonchev–Trinajstić information content (AvgIpc) is 2.46. The van der Waals surface area contributed by atoms with Crippen LogP contribution in [0.15, 0.2) is 58.2 Å². The fourth-order valence-electron chi connectivity index (χ4n) is 1.70. The molecule has 1 unspecified atom stereocenters. The van der Waals surface area contributed by atoms with Crippen LogP contribution >= 0.6 is 27.7 Å². The Kier molecular flexibility index (Phi) is 5.85. The fourth-order valence-corrected chi connectivity index (χ4v) is 2.90. The Bertz CT molecular complexity index is 490. The highest BCUT2D eigenvalue weighted by atomic mass is 79.9. The molecule has 1 aromatic heterocycles. The first-order valence-corrected chi connectivity index (χ1v) is 7.79. The number of nitrogens with zero attached hydrogens (tertiary/aromatic N) is 1. The number of hydrogen-bond acceptors (Lipinski definition) is 4. The molecule has 0 radical (unpaired) electrons. The van der Waals surface area contributed by atoms with Gasteiger partial charge in [0.15, 0.2) is 0 Å². The predicted molar refractivity (Wildman–Crippen MR) is 83.9 cm³/mol. The smallest absolute Gasteiger partial charge is 0.0344 e. The highest BCUT2D eigenvalue weighted by Gasteiger charge is 2.08. The first-order chi connectivity index (χ1) is 9.28. The van der Waals surface area contributed by atoms with Crippen LogP contribution in [0.4, 0.5) is 0 Å². The molecular weight excluding hydrogens is 322 g/mol. The molecule has 0 saturated heterocycles. The number of nitrogens with two attached hydrogens (primary N) is 1. The molecule has 0 fully saturated rings. The molecule has 100 valence electrons. The van der Waals surface area contributed by atoms with Crippen molar-refractivity contribution < 1.29 is 0 Å². The summed E-state index contributed by atoms with van der Waals surface area (Å²) < 4.78 is 1.10. The van der Waals surface area contributed by atoms with Crippen molar-refractivity contribution in [2.75, 3.05) is 5.75 Å². The summed E-state index contributed by atoms with van der Waals surface area (Å²) in [4.78, 5) is 5.27. The highest BCUT2D eigenvalue weighted by Crippen LogP contribution is 2.21. The largest absolute Gasteiger partial charge is 0.271 e.